The summed E-state index contributed by atoms with van der Waals surface area (Å²) in [5.74, 6) is -2.60. The monoisotopic (exact) mass is 645 g/mol. The Hall–Kier alpha value is -2.69. The lowest BCUT2D eigenvalue weighted by atomic mass is 9.70. The van der Waals surface area contributed by atoms with E-state index in [1.165, 1.54) is 0 Å². The van der Waals surface area contributed by atoms with Crippen molar-refractivity contribution in [2.45, 2.75) is 68.5 Å². The van der Waals surface area contributed by atoms with Crippen molar-refractivity contribution in [1.29, 1.82) is 0 Å². The molecule has 3 unspecified atom stereocenters. The van der Waals surface area contributed by atoms with Crippen LogP contribution in [0.15, 0.2) is 49.6 Å². The molecular weight excluding hydrogens is 602 g/mol. The van der Waals surface area contributed by atoms with Gasteiger partial charge in [0, 0.05) is 49.0 Å². The second kappa shape index (κ2) is 14.2. The molecule has 9 nitrogen and oxygen atoms in total. The fourth-order valence-electron chi connectivity index (χ4n) is 6.86. The molecule has 10 heteroatoms. The number of hydrogen-bond donors (Lipinski definition) is 1. The van der Waals surface area contributed by atoms with Gasteiger partial charge in [-0.25, -0.2) is 0 Å². The molecule has 230 valence electrons. The van der Waals surface area contributed by atoms with Gasteiger partial charge in [-0.15, -0.1) is 13.2 Å². The molecule has 3 heterocycles. The fraction of sp³-hybridized carbons (Fsp3) is 0.594. The average Bonchev–Trinajstić information content (AvgIpc) is 3.58. The molecule has 6 atom stereocenters. The number of halogens is 1. The van der Waals surface area contributed by atoms with E-state index in [-0.39, 0.29) is 36.4 Å². The number of amides is 2. The number of aliphatic hydroxyl groups excluding tert-OH is 1. The zero-order valence-corrected chi connectivity index (χ0v) is 26.3. The Morgan fingerprint density at radius 2 is 1.83 bits per heavy atom. The SMILES string of the molecule is C=CCCOC(=O)[C@H]1[C@@H]2OC3(CC2Br)C(C(=O)N(CC=C)c2ccc(N(CC)CC)cc2)N(CCCCCO)C(=O)[C@H]13. The molecule has 3 aliphatic heterocycles. The number of aliphatic hydroxyl groups is 1. The van der Waals surface area contributed by atoms with E-state index in [1.807, 2.05) is 24.3 Å². The summed E-state index contributed by atoms with van der Waals surface area (Å²) in [4.78, 5) is 47.5. The van der Waals surface area contributed by atoms with Gasteiger partial charge in [0.05, 0.1) is 24.5 Å². The third-order valence-electron chi connectivity index (χ3n) is 8.79. The van der Waals surface area contributed by atoms with Gasteiger partial charge in [0.15, 0.2) is 0 Å². The molecule has 0 saturated carbocycles. The van der Waals surface area contributed by atoms with Crippen molar-refractivity contribution < 1.29 is 29.0 Å². The Kier molecular flexibility index (Phi) is 10.9. The second-order valence-corrected chi connectivity index (χ2v) is 12.3. The molecule has 2 bridgehead atoms. The largest absolute Gasteiger partial charge is 0.465 e. The molecule has 1 aromatic rings. The normalized spacial score (nSPS) is 27.6. The minimum absolute atomic E-state index is 0.0636. The van der Waals surface area contributed by atoms with Gasteiger partial charge in [0.1, 0.15) is 11.6 Å². The zero-order chi connectivity index (χ0) is 30.4. The van der Waals surface area contributed by atoms with Crippen LogP contribution in [0, 0.1) is 11.8 Å². The van der Waals surface area contributed by atoms with Gasteiger partial charge >= 0.3 is 5.97 Å². The first kappa shape index (κ1) is 32.2. The van der Waals surface area contributed by atoms with Crippen LogP contribution in [-0.2, 0) is 23.9 Å². The lowest BCUT2D eigenvalue weighted by Gasteiger charge is -2.37. The summed E-state index contributed by atoms with van der Waals surface area (Å²) < 4.78 is 12.1. The van der Waals surface area contributed by atoms with Crippen LogP contribution >= 0.6 is 15.9 Å². The summed E-state index contributed by atoms with van der Waals surface area (Å²) in [5.41, 5.74) is 0.603. The van der Waals surface area contributed by atoms with Gasteiger partial charge in [0.2, 0.25) is 5.91 Å². The summed E-state index contributed by atoms with van der Waals surface area (Å²) in [6, 6.07) is 6.93. The van der Waals surface area contributed by atoms with E-state index in [0.717, 1.165) is 18.8 Å². The standard InChI is InChI=1S/C32H44BrN3O6/c1-5-9-20-41-31(40)25-26-29(38)36(18-11-10-12-19-37)28(32(26)21-24(33)27(25)42-32)30(39)35(17-6-2)23-15-13-22(14-16-23)34(7-3)8-4/h5-6,13-16,24-28,37H,1-2,7-12,17-21H2,3-4H3/t24?,25-,26+,27-,28?,32?/m1/s1. The molecule has 1 N–H and O–H groups in total. The Labute approximate surface area is 257 Å². The van der Waals surface area contributed by atoms with Crippen LogP contribution in [0.2, 0.25) is 0 Å². The van der Waals surface area contributed by atoms with Crippen molar-refractivity contribution in [2.24, 2.45) is 11.8 Å². The molecule has 3 saturated heterocycles. The number of benzene rings is 1. The van der Waals surface area contributed by atoms with Gasteiger partial charge in [-0.05, 0) is 70.2 Å². The number of nitrogens with zero attached hydrogens (tertiary/aromatic N) is 3. The quantitative estimate of drug-likeness (QED) is 0.125. The summed E-state index contributed by atoms with van der Waals surface area (Å²) in [6.45, 7) is 14.3. The van der Waals surface area contributed by atoms with E-state index in [0.29, 0.717) is 44.3 Å². The lowest BCUT2D eigenvalue weighted by Crippen LogP contribution is -2.57. The number of carbonyl (C=O) groups excluding carboxylic acids is 3. The Morgan fingerprint density at radius 3 is 2.45 bits per heavy atom. The zero-order valence-electron chi connectivity index (χ0n) is 24.8. The fourth-order valence-corrected chi connectivity index (χ4v) is 7.80. The molecule has 1 spiro atoms. The highest BCUT2D eigenvalue weighted by molar-refractivity contribution is 9.09. The summed E-state index contributed by atoms with van der Waals surface area (Å²) in [6.07, 6.45) is 5.65. The molecular formula is C32H44BrN3O6. The van der Waals surface area contributed by atoms with Crippen molar-refractivity contribution in [3.05, 3.63) is 49.6 Å². The maximum Gasteiger partial charge on any atom is 0.312 e. The van der Waals surface area contributed by atoms with Crippen LogP contribution < -0.4 is 9.80 Å². The molecule has 0 aliphatic carbocycles. The van der Waals surface area contributed by atoms with E-state index in [4.69, 9.17) is 9.47 Å². The van der Waals surface area contributed by atoms with E-state index in [2.05, 4.69) is 47.8 Å². The van der Waals surface area contributed by atoms with Gasteiger partial charge < -0.3 is 29.3 Å². The predicted molar refractivity (Wildman–Crippen MR) is 167 cm³/mol. The van der Waals surface area contributed by atoms with Crippen LogP contribution in [0.3, 0.4) is 0 Å². The number of alkyl halides is 1. The highest BCUT2D eigenvalue weighted by Gasteiger charge is 2.77. The van der Waals surface area contributed by atoms with Gasteiger partial charge in [0.25, 0.3) is 5.91 Å². The third kappa shape index (κ3) is 5.90. The van der Waals surface area contributed by atoms with Crippen molar-refractivity contribution in [3.8, 4) is 0 Å². The van der Waals surface area contributed by atoms with Crippen LogP contribution in [0.5, 0.6) is 0 Å². The summed E-state index contributed by atoms with van der Waals surface area (Å²) in [7, 11) is 0. The molecule has 3 fully saturated rings. The topological polar surface area (TPSA) is 99.6 Å². The van der Waals surface area contributed by atoms with Crippen LogP contribution in [0.4, 0.5) is 11.4 Å². The maximum atomic E-state index is 14.6. The van der Waals surface area contributed by atoms with Crippen LogP contribution in [-0.4, -0.2) is 89.8 Å². The molecule has 42 heavy (non-hydrogen) atoms. The van der Waals surface area contributed by atoms with E-state index in [1.54, 1.807) is 22.0 Å². The lowest BCUT2D eigenvalue weighted by molar-refractivity contribution is -0.154. The van der Waals surface area contributed by atoms with Crippen LogP contribution in [0.1, 0.15) is 46.0 Å². The molecule has 4 rings (SSSR count). The molecule has 0 radical (unpaired) electrons. The van der Waals surface area contributed by atoms with E-state index >= 15 is 0 Å². The van der Waals surface area contributed by atoms with Crippen molar-refractivity contribution in [2.75, 3.05) is 49.2 Å². The number of ether oxygens (including phenoxy) is 2. The summed E-state index contributed by atoms with van der Waals surface area (Å²) in [5, 5.41) is 9.29. The van der Waals surface area contributed by atoms with Crippen LogP contribution in [0.25, 0.3) is 0 Å². The Bertz CT molecular complexity index is 1140. The highest BCUT2D eigenvalue weighted by Crippen LogP contribution is 2.60. The maximum absolute atomic E-state index is 14.6. The Morgan fingerprint density at radius 1 is 1.14 bits per heavy atom. The van der Waals surface area contributed by atoms with Crippen molar-refractivity contribution in [1.82, 2.24) is 4.90 Å². The number of likely N-dealkylation sites (tertiary alicyclic amines) is 1. The van der Waals surface area contributed by atoms with E-state index in [9.17, 15) is 19.5 Å². The van der Waals surface area contributed by atoms with Crippen molar-refractivity contribution >= 4 is 45.1 Å². The molecule has 0 aromatic heterocycles. The van der Waals surface area contributed by atoms with Gasteiger partial charge in [-0.2, -0.15) is 0 Å². The predicted octanol–water partition coefficient (Wildman–Crippen LogP) is 4.08. The first-order chi connectivity index (χ1) is 20.3. The number of rotatable bonds is 16. The first-order valence-electron chi connectivity index (χ1n) is 15.1. The number of carbonyl (C=O) groups is 3. The minimum atomic E-state index is -1.16. The van der Waals surface area contributed by atoms with Crippen molar-refractivity contribution in [3.63, 3.8) is 0 Å². The third-order valence-corrected chi connectivity index (χ3v) is 9.63. The van der Waals surface area contributed by atoms with E-state index < -0.39 is 35.6 Å². The number of anilines is 2. The molecule has 3 aliphatic rings. The number of esters is 1. The number of unbranched alkanes of at least 4 members (excludes halogenated alkanes) is 2. The van der Waals surface area contributed by atoms with Gasteiger partial charge in [-0.1, -0.05) is 28.1 Å². The van der Waals surface area contributed by atoms with Gasteiger partial charge in [-0.3, -0.25) is 14.4 Å². The Balaban J connectivity index is 1.71. The first-order valence-corrected chi connectivity index (χ1v) is 16.0. The average molecular weight is 647 g/mol. The smallest absolute Gasteiger partial charge is 0.312 e. The highest BCUT2D eigenvalue weighted by atomic mass is 79.9. The molecule has 1 aromatic carbocycles. The number of hydrogen-bond acceptors (Lipinski definition) is 7. The minimum Gasteiger partial charge on any atom is -0.465 e. The molecule has 2 amide bonds. The summed E-state index contributed by atoms with van der Waals surface area (Å²) >= 11 is 3.70. The second-order valence-electron chi connectivity index (χ2n) is 11.2. The number of fused-ring (bicyclic) bond motifs is 1.